The van der Waals surface area contributed by atoms with Crippen LogP contribution in [0.3, 0.4) is 0 Å². The Kier molecular flexibility index (Phi) is 6.64. The number of nitrogen functional groups attached to an aromatic ring is 1. The fourth-order valence-electron chi connectivity index (χ4n) is 4.03. The Balaban J connectivity index is 1.16. The molecule has 0 unspecified atom stereocenters. The average Bonchev–Trinajstić information content (AvgIpc) is 3.57. The van der Waals surface area contributed by atoms with Gasteiger partial charge < -0.3 is 29.8 Å². The Morgan fingerprint density at radius 1 is 1.11 bits per heavy atom. The monoisotopic (exact) mass is 479 g/mol. The number of anilines is 3. The molecular formula is C23H29N9O3. The van der Waals surface area contributed by atoms with Crippen LogP contribution in [-0.2, 0) is 0 Å². The number of aliphatic hydroxyl groups is 1. The molecular weight excluding hydrogens is 450 g/mol. The molecule has 1 aliphatic rings. The highest BCUT2D eigenvalue weighted by molar-refractivity contribution is 5.53. The van der Waals surface area contributed by atoms with E-state index in [0.29, 0.717) is 29.9 Å². The van der Waals surface area contributed by atoms with Gasteiger partial charge in [0, 0.05) is 58.1 Å². The fourth-order valence-corrected chi connectivity index (χ4v) is 4.03. The lowest BCUT2D eigenvalue weighted by Crippen LogP contribution is -2.48. The first-order chi connectivity index (χ1) is 17.1. The van der Waals surface area contributed by atoms with Gasteiger partial charge in [0.1, 0.15) is 12.4 Å². The van der Waals surface area contributed by atoms with Gasteiger partial charge in [-0.1, -0.05) is 6.07 Å². The Bertz CT molecular complexity index is 1250. The van der Waals surface area contributed by atoms with E-state index >= 15 is 0 Å². The summed E-state index contributed by atoms with van der Waals surface area (Å²) in [6, 6.07) is 11.6. The first kappa shape index (κ1) is 22.9. The van der Waals surface area contributed by atoms with Gasteiger partial charge in [-0.3, -0.25) is 4.90 Å². The summed E-state index contributed by atoms with van der Waals surface area (Å²) in [7, 11) is 1.95. The molecule has 4 heterocycles. The minimum atomic E-state index is 0.00774. The van der Waals surface area contributed by atoms with Crippen LogP contribution in [0.1, 0.15) is 0 Å². The third-order valence-electron chi connectivity index (χ3n) is 5.97. The van der Waals surface area contributed by atoms with Crippen molar-refractivity contribution in [3.63, 3.8) is 0 Å². The highest BCUT2D eigenvalue weighted by atomic mass is 16.5. The van der Waals surface area contributed by atoms with Crippen LogP contribution < -0.4 is 20.3 Å². The summed E-state index contributed by atoms with van der Waals surface area (Å²) in [4.78, 5) is 20.1. The summed E-state index contributed by atoms with van der Waals surface area (Å²) in [5.74, 6) is 2.85. The first-order valence-electron chi connectivity index (χ1n) is 11.6. The third kappa shape index (κ3) is 5.12. The predicted molar refractivity (Wildman–Crippen MR) is 132 cm³/mol. The van der Waals surface area contributed by atoms with Gasteiger partial charge in [0.15, 0.2) is 5.76 Å². The molecule has 184 valence electrons. The van der Waals surface area contributed by atoms with E-state index in [-0.39, 0.29) is 12.6 Å². The molecule has 0 atom stereocenters. The molecule has 1 aromatic carbocycles. The van der Waals surface area contributed by atoms with Crippen molar-refractivity contribution in [1.29, 1.82) is 0 Å². The van der Waals surface area contributed by atoms with E-state index < -0.39 is 0 Å². The second-order valence-corrected chi connectivity index (χ2v) is 8.33. The fraction of sp³-hybridized carbons (Fsp3) is 0.391. The number of fused-ring (bicyclic) bond motifs is 1. The quantitative estimate of drug-likeness (QED) is 0.356. The number of furan rings is 1. The summed E-state index contributed by atoms with van der Waals surface area (Å²) in [6.07, 6.45) is 1.57. The lowest BCUT2D eigenvalue weighted by atomic mass is 10.2. The maximum Gasteiger partial charge on any atom is 0.259 e. The highest BCUT2D eigenvalue weighted by Crippen LogP contribution is 2.23. The number of likely N-dealkylation sites (N-methyl/N-ethyl adjacent to an activating group) is 1. The molecule has 1 saturated heterocycles. The van der Waals surface area contributed by atoms with E-state index in [4.69, 9.17) is 20.0 Å². The van der Waals surface area contributed by atoms with Crippen molar-refractivity contribution in [2.24, 2.45) is 0 Å². The summed E-state index contributed by atoms with van der Waals surface area (Å²) >= 11 is 0. The van der Waals surface area contributed by atoms with Crippen LogP contribution in [0.4, 0.5) is 17.6 Å². The van der Waals surface area contributed by atoms with Crippen molar-refractivity contribution in [2.75, 3.05) is 75.1 Å². The summed E-state index contributed by atoms with van der Waals surface area (Å²) in [6.45, 7) is 5.70. The Morgan fingerprint density at radius 2 is 1.97 bits per heavy atom. The van der Waals surface area contributed by atoms with E-state index in [0.717, 1.165) is 50.7 Å². The number of hydrogen-bond donors (Lipinski definition) is 2. The van der Waals surface area contributed by atoms with E-state index in [1.165, 1.54) is 4.52 Å². The number of aromatic nitrogens is 5. The highest BCUT2D eigenvalue weighted by Gasteiger charge is 2.19. The molecule has 5 rings (SSSR count). The first-order valence-corrected chi connectivity index (χ1v) is 11.6. The predicted octanol–water partition coefficient (Wildman–Crippen LogP) is 0.991. The minimum Gasteiger partial charge on any atom is -0.491 e. The van der Waals surface area contributed by atoms with Gasteiger partial charge in [-0.05, 0) is 24.3 Å². The van der Waals surface area contributed by atoms with Gasteiger partial charge in [-0.25, -0.2) is 0 Å². The smallest absolute Gasteiger partial charge is 0.259 e. The second-order valence-electron chi connectivity index (χ2n) is 8.33. The molecule has 1 fully saturated rings. The van der Waals surface area contributed by atoms with E-state index in [1.54, 1.807) is 18.4 Å². The zero-order chi connectivity index (χ0) is 24.2. The van der Waals surface area contributed by atoms with Crippen LogP contribution >= 0.6 is 0 Å². The molecule has 35 heavy (non-hydrogen) atoms. The Morgan fingerprint density at radius 3 is 2.74 bits per heavy atom. The summed E-state index contributed by atoms with van der Waals surface area (Å²) < 4.78 is 12.3. The zero-order valence-electron chi connectivity index (χ0n) is 19.6. The molecule has 0 saturated carbocycles. The van der Waals surface area contributed by atoms with Crippen molar-refractivity contribution >= 4 is 23.4 Å². The molecule has 12 heteroatoms. The van der Waals surface area contributed by atoms with E-state index in [1.807, 2.05) is 30.1 Å². The van der Waals surface area contributed by atoms with Crippen molar-refractivity contribution in [1.82, 2.24) is 29.5 Å². The van der Waals surface area contributed by atoms with Crippen LogP contribution in [0.25, 0.3) is 17.4 Å². The molecule has 0 amide bonds. The zero-order valence-corrected chi connectivity index (χ0v) is 19.6. The van der Waals surface area contributed by atoms with Crippen LogP contribution in [0.15, 0.2) is 47.1 Å². The van der Waals surface area contributed by atoms with Gasteiger partial charge in [0.05, 0.1) is 12.9 Å². The molecule has 0 bridgehead atoms. The maximum absolute atomic E-state index is 8.96. The van der Waals surface area contributed by atoms with Crippen molar-refractivity contribution in [3.05, 3.63) is 42.7 Å². The number of aliphatic hydroxyl groups excluding tert-OH is 1. The molecule has 0 aliphatic carbocycles. The number of rotatable bonds is 9. The van der Waals surface area contributed by atoms with Crippen LogP contribution in [0.5, 0.6) is 5.75 Å². The summed E-state index contributed by atoms with van der Waals surface area (Å²) in [5, 5.41) is 13.3. The third-order valence-corrected chi connectivity index (χ3v) is 5.97. The van der Waals surface area contributed by atoms with E-state index in [9.17, 15) is 0 Å². The number of hydrogen-bond acceptors (Lipinski definition) is 11. The van der Waals surface area contributed by atoms with Gasteiger partial charge in [-0.2, -0.15) is 19.5 Å². The Hall–Kier alpha value is -3.90. The van der Waals surface area contributed by atoms with Crippen LogP contribution in [0, 0.1) is 0 Å². The number of piperazine rings is 1. The largest absolute Gasteiger partial charge is 0.491 e. The van der Waals surface area contributed by atoms with Crippen molar-refractivity contribution in [2.45, 2.75) is 0 Å². The van der Waals surface area contributed by atoms with Crippen molar-refractivity contribution < 1.29 is 14.3 Å². The number of ether oxygens (including phenoxy) is 1. The second kappa shape index (κ2) is 10.2. The number of nitrogens with zero attached hydrogens (tertiary/aromatic N) is 8. The van der Waals surface area contributed by atoms with Crippen LogP contribution in [-0.4, -0.2) is 94.1 Å². The number of nitrogens with two attached hydrogens (primary N) is 1. The van der Waals surface area contributed by atoms with Gasteiger partial charge >= 0.3 is 0 Å². The lowest BCUT2D eigenvalue weighted by molar-refractivity contribution is 0.201. The molecule has 3 N–H and O–H groups in total. The lowest BCUT2D eigenvalue weighted by Gasteiger charge is -2.36. The summed E-state index contributed by atoms with van der Waals surface area (Å²) in [5.41, 5.74) is 7.26. The number of benzene rings is 1. The SMILES string of the molecule is CN(CCN1CCN(c2cccc(OCCO)c2)CC1)c1nc(N)n2nc(-c3ccco3)nc2n1. The molecule has 4 aromatic rings. The van der Waals surface area contributed by atoms with Gasteiger partial charge in [0.25, 0.3) is 5.78 Å². The molecule has 12 nitrogen and oxygen atoms in total. The maximum atomic E-state index is 8.96. The Labute approximate surface area is 202 Å². The molecule has 0 radical (unpaired) electrons. The van der Waals surface area contributed by atoms with Gasteiger partial charge in [0.2, 0.25) is 17.7 Å². The van der Waals surface area contributed by atoms with Crippen LogP contribution in [0.2, 0.25) is 0 Å². The van der Waals surface area contributed by atoms with Crippen molar-refractivity contribution in [3.8, 4) is 17.3 Å². The molecule has 0 spiro atoms. The molecule has 1 aliphatic heterocycles. The minimum absolute atomic E-state index is 0.00774. The normalized spacial score (nSPS) is 14.5. The van der Waals surface area contributed by atoms with Gasteiger partial charge in [-0.15, -0.1) is 5.10 Å². The molecule has 3 aromatic heterocycles. The standard InChI is InChI=1S/C23H29N9O3/c1-29(22-26-21(24)32-23(27-22)25-20(28-32)19-6-3-14-35-19)7-8-30-9-11-31(12-10-30)17-4-2-5-18(16-17)34-15-13-33/h2-6,14,16,33H,7-13,15H2,1H3,(H2,24,25,26,27,28). The topological polar surface area (TPSA) is 134 Å². The average molecular weight is 480 g/mol. The van der Waals surface area contributed by atoms with E-state index in [2.05, 4.69) is 35.9 Å².